The second kappa shape index (κ2) is 5.93. The Morgan fingerprint density at radius 3 is 2.56 bits per heavy atom. The van der Waals surface area contributed by atoms with Crippen molar-refractivity contribution < 1.29 is 5.11 Å². The maximum Gasteiger partial charge on any atom is 0.161 e. The molecule has 100 valence electrons. The highest BCUT2D eigenvalue weighted by Gasteiger charge is 2.24. The Bertz CT molecular complexity index is 430. The van der Waals surface area contributed by atoms with Crippen molar-refractivity contribution in [1.29, 1.82) is 0 Å². The van der Waals surface area contributed by atoms with Crippen LogP contribution in [0.25, 0.3) is 0 Å². The zero-order chi connectivity index (χ0) is 13.1. The van der Waals surface area contributed by atoms with E-state index in [-0.39, 0.29) is 12.1 Å². The van der Waals surface area contributed by atoms with E-state index in [0.717, 1.165) is 25.7 Å². The van der Waals surface area contributed by atoms with Gasteiger partial charge in [0.05, 0.1) is 22.2 Å². The van der Waals surface area contributed by atoms with Gasteiger partial charge in [-0.25, -0.2) is 10.8 Å². The lowest BCUT2D eigenvalue weighted by molar-refractivity contribution is 0.116. The number of aliphatic hydroxyl groups excluding tert-OH is 1. The van der Waals surface area contributed by atoms with E-state index < -0.39 is 0 Å². The Balaban J connectivity index is 2.17. The Kier molecular flexibility index (Phi) is 4.50. The first-order chi connectivity index (χ1) is 8.61. The second-order valence-corrected chi connectivity index (χ2v) is 5.21. The number of nitrogens with two attached hydrogens (primary N) is 1. The summed E-state index contributed by atoms with van der Waals surface area (Å²) >= 11 is 12.0. The Morgan fingerprint density at radius 2 is 1.89 bits per heavy atom. The predicted molar refractivity (Wildman–Crippen MR) is 74.0 cm³/mol. The molecule has 2 rings (SSSR count). The van der Waals surface area contributed by atoms with Crippen LogP contribution >= 0.6 is 23.2 Å². The van der Waals surface area contributed by atoms with Gasteiger partial charge in [0.15, 0.2) is 5.82 Å². The Hall–Kier alpha value is -0.750. The van der Waals surface area contributed by atoms with Crippen LogP contribution in [-0.2, 0) is 0 Å². The average molecular weight is 291 g/mol. The van der Waals surface area contributed by atoms with Crippen molar-refractivity contribution in [3.63, 3.8) is 0 Å². The lowest BCUT2D eigenvalue weighted by atomic mass is 9.92. The topological polar surface area (TPSA) is 83.2 Å². The lowest BCUT2D eigenvalue weighted by Gasteiger charge is -2.29. The summed E-state index contributed by atoms with van der Waals surface area (Å²) in [6.45, 7) is 0. The number of halogens is 2. The zero-order valence-electron chi connectivity index (χ0n) is 9.79. The summed E-state index contributed by atoms with van der Waals surface area (Å²) in [5, 5.41) is 13.8. The molecule has 0 radical (unpaired) electrons. The summed E-state index contributed by atoms with van der Waals surface area (Å²) in [6.07, 6.45) is 3.46. The summed E-state index contributed by atoms with van der Waals surface area (Å²) < 4.78 is 0. The van der Waals surface area contributed by atoms with E-state index in [1.165, 1.54) is 0 Å². The van der Waals surface area contributed by atoms with Gasteiger partial charge >= 0.3 is 0 Å². The highest BCUT2D eigenvalue weighted by molar-refractivity contribution is 6.37. The fraction of sp³-hybridized carbons (Fsp3) is 0.545. The number of aliphatic hydroxyl groups is 1. The van der Waals surface area contributed by atoms with Gasteiger partial charge in [-0.05, 0) is 18.9 Å². The summed E-state index contributed by atoms with van der Waals surface area (Å²) in [6, 6.07) is 1.54. The van der Waals surface area contributed by atoms with Crippen LogP contribution in [-0.4, -0.2) is 22.2 Å². The third-order valence-electron chi connectivity index (χ3n) is 3.12. The maximum absolute atomic E-state index is 9.90. The molecule has 1 aromatic rings. The molecular weight excluding hydrogens is 275 g/mol. The molecule has 1 heterocycles. The number of nitrogens with zero attached hydrogens (tertiary/aromatic N) is 1. The molecule has 1 saturated carbocycles. The van der Waals surface area contributed by atoms with Gasteiger partial charge in [-0.2, -0.15) is 0 Å². The van der Waals surface area contributed by atoms with Gasteiger partial charge in [0.25, 0.3) is 0 Å². The van der Waals surface area contributed by atoms with E-state index in [1.54, 1.807) is 6.07 Å². The van der Waals surface area contributed by atoms with Gasteiger partial charge in [-0.15, -0.1) is 0 Å². The molecule has 1 aliphatic rings. The number of nitrogen functional groups attached to an aromatic ring is 1. The molecule has 0 spiro atoms. The van der Waals surface area contributed by atoms with Gasteiger partial charge in [-0.3, -0.25) is 0 Å². The SMILES string of the molecule is NNc1nc(NC2CCCCC2O)c(Cl)cc1Cl. The molecular formula is C11H16Cl2N4O. The number of hydrazine groups is 1. The van der Waals surface area contributed by atoms with Gasteiger partial charge in [0.1, 0.15) is 5.82 Å². The van der Waals surface area contributed by atoms with Crippen molar-refractivity contribution in [1.82, 2.24) is 4.98 Å². The number of anilines is 2. The fourth-order valence-corrected chi connectivity index (χ4v) is 2.59. The molecule has 1 aromatic heterocycles. The highest BCUT2D eigenvalue weighted by atomic mass is 35.5. The lowest BCUT2D eigenvalue weighted by Crippen LogP contribution is -2.36. The number of aromatic nitrogens is 1. The third kappa shape index (κ3) is 2.98. The van der Waals surface area contributed by atoms with E-state index in [0.29, 0.717) is 21.7 Å². The number of hydrogen-bond donors (Lipinski definition) is 4. The van der Waals surface area contributed by atoms with Crippen molar-refractivity contribution in [2.75, 3.05) is 10.7 Å². The van der Waals surface area contributed by atoms with Crippen molar-refractivity contribution in [2.45, 2.75) is 37.8 Å². The summed E-state index contributed by atoms with van der Waals surface area (Å²) in [5.74, 6) is 6.15. The molecule has 5 N–H and O–H groups in total. The van der Waals surface area contributed by atoms with E-state index in [1.807, 2.05) is 0 Å². The summed E-state index contributed by atoms with van der Waals surface area (Å²) in [5.41, 5.74) is 2.41. The molecule has 0 bridgehead atoms. The fourth-order valence-electron chi connectivity index (χ4n) is 2.12. The molecule has 0 saturated heterocycles. The van der Waals surface area contributed by atoms with Gasteiger partial charge in [0.2, 0.25) is 0 Å². The minimum absolute atomic E-state index is 0.0319. The molecule has 2 atom stereocenters. The normalized spacial score (nSPS) is 23.8. The van der Waals surface area contributed by atoms with Crippen molar-refractivity contribution in [3.8, 4) is 0 Å². The van der Waals surface area contributed by atoms with Crippen LogP contribution in [0.3, 0.4) is 0 Å². The molecule has 7 heteroatoms. The molecule has 5 nitrogen and oxygen atoms in total. The molecule has 0 aromatic carbocycles. The quantitative estimate of drug-likeness (QED) is 0.508. The van der Waals surface area contributed by atoms with Crippen LogP contribution in [0.1, 0.15) is 25.7 Å². The summed E-state index contributed by atoms with van der Waals surface area (Å²) in [4.78, 5) is 4.20. The third-order valence-corrected chi connectivity index (χ3v) is 3.69. The van der Waals surface area contributed by atoms with Crippen LogP contribution in [0, 0.1) is 0 Å². The monoisotopic (exact) mass is 290 g/mol. The van der Waals surface area contributed by atoms with Gasteiger partial charge in [0, 0.05) is 0 Å². The van der Waals surface area contributed by atoms with Crippen LogP contribution < -0.4 is 16.6 Å². The van der Waals surface area contributed by atoms with E-state index in [2.05, 4.69) is 15.7 Å². The van der Waals surface area contributed by atoms with Crippen LogP contribution in [0.4, 0.5) is 11.6 Å². The van der Waals surface area contributed by atoms with Crippen molar-refractivity contribution in [3.05, 3.63) is 16.1 Å². The van der Waals surface area contributed by atoms with Crippen LogP contribution in [0.5, 0.6) is 0 Å². The second-order valence-electron chi connectivity index (χ2n) is 4.40. The molecule has 18 heavy (non-hydrogen) atoms. The molecule has 0 amide bonds. The molecule has 1 fully saturated rings. The van der Waals surface area contributed by atoms with E-state index in [9.17, 15) is 5.11 Å². The molecule has 1 aliphatic carbocycles. The maximum atomic E-state index is 9.90. The average Bonchev–Trinajstić information content (AvgIpc) is 2.35. The van der Waals surface area contributed by atoms with E-state index in [4.69, 9.17) is 29.0 Å². The minimum Gasteiger partial charge on any atom is -0.391 e. The first-order valence-corrected chi connectivity index (χ1v) is 6.64. The molecule has 2 unspecified atom stereocenters. The Morgan fingerprint density at radius 1 is 1.22 bits per heavy atom. The van der Waals surface area contributed by atoms with Crippen LogP contribution in [0.2, 0.25) is 10.0 Å². The predicted octanol–water partition coefficient (Wildman–Crippen LogP) is 2.39. The number of hydrogen-bond acceptors (Lipinski definition) is 5. The number of nitrogens with one attached hydrogen (secondary N) is 2. The van der Waals surface area contributed by atoms with Gasteiger partial charge < -0.3 is 15.8 Å². The molecule has 0 aliphatic heterocycles. The van der Waals surface area contributed by atoms with Crippen molar-refractivity contribution >= 4 is 34.8 Å². The first kappa shape index (κ1) is 13.7. The van der Waals surface area contributed by atoms with Crippen molar-refractivity contribution in [2.24, 2.45) is 5.84 Å². The smallest absolute Gasteiger partial charge is 0.161 e. The zero-order valence-corrected chi connectivity index (χ0v) is 11.3. The standard InChI is InChI=1S/C11H16Cl2N4O/c12-6-5-7(13)11(17-14)16-10(6)15-8-3-1-2-4-9(8)18/h5,8-9,18H,1-4,14H2,(H2,15,16,17). The first-order valence-electron chi connectivity index (χ1n) is 5.89. The number of rotatable bonds is 3. The largest absolute Gasteiger partial charge is 0.391 e. The van der Waals surface area contributed by atoms with Gasteiger partial charge in [-0.1, -0.05) is 36.0 Å². The highest BCUT2D eigenvalue weighted by Crippen LogP contribution is 2.30. The minimum atomic E-state index is -0.374. The Labute approximate surface area is 116 Å². The number of pyridine rings is 1. The summed E-state index contributed by atoms with van der Waals surface area (Å²) in [7, 11) is 0. The van der Waals surface area contributed by atoms with E-state index >= 15 is 0 Å². The van der Waals surface area contributed by atoms with Crippen LogP contribution in [0.15, 0.2) is 6.07 Å².